The summed E-state index contributed by atoms with van der Waals surface area (Å²) in [4.78, 5) is 14.8. The molecular formula is C11H18N2O4S2. The van der Waals surface area contributed by atoms with Crippen molar-refractivity contribution in [1.82, 2.24) is 9.55 Å². The molecule has 0 atom stereocenters. The molecule has 0 bridgehead atoms. The molecule has 19 heavy (non-hydrogen) atoms. The van der Waals surface area contributed by atoms with Gasteiger partial charge in [0.1, 0.15) is 0 Å². The van der Waals surface area contributed by atoms with Crippen LogP contribution in [-0.4, -0.2) is 45.8 Å². The highest BCUT2D eigenvalue weighted by Crippen LogP contribution is 2.23. The lowest BCUT2D eigenvalue weighted by Gasteiger charge is -2.23. The van der Waals surface area contributed by atoms with Crippen molar-refractivity contribution in [3.05, 3.63) is 11.9 Å². The van der Waals surface area contributed by atoms with Crippen LogP contribution >= 0.6 is 11.8 Å². The van der Waals surface area contributed by atoms with Crippen molar-refractivity contribution < 1.29 is 18.3 Å². The molecule has 0 aliphatic rings. The first-order valence-corrected chi connectivity index (χ1v) is 8.48. The normalized spacial score (nSPS) is 12.6. The number of nitrogens with zero attached hydrogens (tertiary/aromatic N) is 2. The highest BCUT2D eigenvalue weighted by atomic mass is 32.2. The molecule has 0 amide bonds. The van der Waals surface area contributed by atoms with Crippen LogP contribution in [0.3, 0.4) is 0 Å². The van der Waals surface area contributed by atoms with Crippen molar-refractivity contribution in [2.45, 2.75) is 37.2 Å². The molecule has 6 nitrogen and oxygen atoms in total. The summed E-state index contributed by atoms with van der Waals surface area (Å²) in [6, 6.07) is 0. The number of carbonyl (C=O) groups is 1. The number of hydrogen-bond donors (Lipinski definition) is 1. The van der Waals surface area contributed by atoms with E-state index in [2.05, 4.69) is 4.98 Å². The monoisotopic (exact) mass is 306 g/mol. The molecule has 0 fully saturated rings. The van der Waals surface area contributed by atoms with Crippen LogP contribution in [0.5, 0.6) is 0 Å². The zero-order valence-corrected chi connectivity index (χ0v) is 13.0. The Morgan fingerprint density at radius 2 is 2.11 bits per heavy atom. The summed E-state index contributed by atoms with van der Waals surface area (Å²) in [6.07, 6.45) is 2.93. The Balaban J connectivity index is 2.98. The van der Waals surface area contributed by atoms with Gasteiger partial charge in [-0.05, 0) is 20.8 Å². The maximum Gasteiger partial charge on any atom is 0.313 e. The number of hydrogen-bond acceptors (Lipinski definition) is 5. The van der Waals surface area contributed by atoms with Gasteiger partial charge in [-0.15, -0.1) is 0 Å². The zero-order valence-electron chi connectivity index (χ0n) is 11.4. The van der Waals surface area contributed by atoms with Gasteiger partial charge in [0, 0.05) is 19.0 Å². The molecular weight excluding hydrogens is 288 g/mol. The van der Waals surface area contributed by atoms with E-state index in [-0.39, 0.29) is 12.3 Å². The number of imidazole rings is 1. The number of rotatable bonds is 6. The largest absolute Gasteiger partial charge is 0.481 e. The summed E-state index contributed by atoms with van der Waals surface area (Å²) < 4.78 is 24.2. The average molecular weight is 306 g/mol. The first-order chi connectivity index (χ1) is 8.53. The number of aromatic nitrogens is 2. The standard InChI is InChI=1S/C11H18N2O4S2/c1-8-5-13(7-11(2,3)19(4,16)17)10(12-8)18-6-9(14)15/h5H,6-7H2,1-4H3,(H,14,15). The Morgan fingerprint density at radius 1 is 1.53 bits per heavy atom. The molecule has 8 heteroatoms. The fourth-order valence-corrected chi connectivity index (χ4v) is 2.52. The number of carboxylic acids is 1. The minimum Gasteiger partial charge on any atom is -0.481 e. The van der Waals surface area contributed by atoms with Gasteiger partial charge in [-0.1, -0.05) is 11.8 Å². The molecule has 1 aromatic rings. The fourth-order valence-electron chi connectivity index (χ4n) is 1.41. The third-order valence-corrected chi connectivity index (χ3v) is 5.85. The molecule has 0 spiro atoms. The van der Waals surface area contributed by atoms with E-state index in [1.54, 1.807) is 31.5 Å². The topological polar surface area (TPSA) is 89.3 Å². The van der Waals surface area contributed by atoms with E-state index in [0.29, 0.717) is 5.16 Å². The van der Waals surface area contributed by atoms with Gasteiger partial charge in [0.15, 0.2) is 15.0 Å². The number of aliphatic carboxylic acids is 1. The predicted molar refractivity (Wildman–Crippen MR) is 74.2 cm³/mol. The van der Waals surface area contributed by atoms with Gasteiger partial charge in [0.2, 0.25) is 0 Å². The summed E-state index contributed by atoms with van der Waals surface area (Å²) in [5, 5.41) is 9.21. The predicted octanol–water partition coefficient (Wildman–Crippen LogP) is 1.19. The number of aryl methyl sites for hydroxylation is 1. The summed E-state index contributed by atoms with van der Waals surface area (Å²) in [5.74, 6) is -1.03. The molecule has 0 unspecified atom stereocenters. The summed E-state index contributed by atoms with van der Waals surface area (Å²) in [7, 11) is -3.21. The highest BCUT2D eigenvalue weighted by molar-refractivity contribution is 7.99. The Labute approximate surface area is 117 Å². The van der Waals surface area contributed by atoms with Crippen molar-refractivity contribution in [2.75, 3.05) is 12.0 Å². The van der Waals surface area contributed by atoms with Gasteiger partial charge < -0.3 is 9.67 Å². The Kier molecular flexibility index (Phi) is 4.67. The third kappa shape index (κ3) is 4.24. The minimum atomic E-state index is -3.21. The van der Waals surface area contributed by atoms with Gasteiger partial charge in [0.25, 0.3) is 0 Å². The lowest BCUT2D eigenvalue weighted by atomic mass is 10.2. The third-order valence-electron chi connectivity index (χ3n) is 2.74. The Bertz CT molecular complexity index is 576. The van der Waals surface area contributed by atoms with Crippen LogP contribution in [0.1, 0.15) is 19.5 Å². The number of sulfone groups is 1. The Hall–Kier alpha value is -1.02. The number of carboxylic acid groups (broad SMARTS) is 1. The van der Waals surface area contributed by atoms with Crippen LogP contribution in [0, 0.1) is 6.92 Å². The van der Waals surface area contributed by atoms with Crippen LogP contribution in [0.4, 0.5) is 0 Å². The average Bonchev–Trinajstić information content (AvgIpc) is 2.53. The summed E-state index contributed by atoms with van der Waals surface area (Å²) in [5.41, 5.74) is 0.734. The molecule has 0 aromatic carbocycles. The lowest BCUT2D eigenvalue weighted by Crippen LogP contribution is -2.35. The Morgan fingerprint density at radius 3 is 2.58 bits per heavy atom. The molecule has 0 aliphatic carbocycles. The maximum atomic E-state index is 11.7. The molecule has 1 rings (SSSR count). The quantitative estimate of drug-likeness (QED) is 0.794. The second-order valence-electron chi connectivity index (χ2n) is 5.01. The summed E-state index contributed by atoms with van der Waals surface area (Å²) >= 11 is 1.08. The molecule has 1 aromatic heterocycles. The van der Waals surface area contributed by atoms with E-state index in [9.17, 15) is 13.2 Å². The first kappa shape index (κ1) is 16.0. The molecule has 1 heterocycles. The maximum absolute atomic E-state index is 11.7. The van der Waals surface area contributed by atoms with E-state index in [4.69, 9.17) is 5.11 Å². The minimum absolute atomic E-state index is 0.101. The van der Waals surface area contributed by atoms with Crippen molar-refractivity contribution in [3.63, 3.8) is 0 Å². The second-order valence-corrected chi connectivity index (χ2v) is 8.60. The van der Waals surface area contributed by atoms with Crippen molar-refractivity contribution >= 4 is 27.6 Å². The van der Waals surface area contributed by atoms with Crippen LogP contribution < -0.4 is 0 Å². The van der Waals surface area contributed by atoms with Crippen molar-refractivity contribution in [2.24, 2.45) is 0 Å². The van der Waals surface area contributed by atoms with Gasteiger partial charge in [-0.2, -0.15) is 0 Å². The molecule has 108 valence electrons. The van der Waals surface area contributed by atoms with Crippen LogP contribution in [0.25, 0.3) is 0 Å². The van der Waals surface area contributed by atoms with E-state index in [1.807, 2.05) is 0 Å². The lowest BCUT2D eigenvalue weighted by molar-refractivity contribution is -0.133. The van der Waals surface area contributed by atoms with Crippen molar-refractivity contribution in [3.8, 4) is 0 Å². The van der Waals surface area contributed by atoms with Gasteiger partial charge in [-0.25, -0.2) is 13.4 Å². The SMILES string of the molecule is Cc1cn(CC(C)(C)S(C)(=O)=O)c(SCC(=O)O)n1. The molecule has 1 N–H and O–H groups in total. The summed E-state index contributed by atoms with van der Waals surface area (Å²) in [6.45, 7) is 5.32. The van der Waals surface area contributed by atoms with Crippen LogP contribution in [0.2, 0.25) is 0 Å². The first-order valence-electron chi connectivity index (χ1n) is 5.61. The fraction of sp³-hybridized carbons (Fsp3) is 0.636. The van der Waals surface area contributed by atoms with Gasteiger partial charge in [0.05, 0.1) is 16.2 Å². The van der Waals surface area contributed by atoms with Crippen molar-refractivity contribution in [1.29, 1.82) is 0 Å². The molecule has 0 aliphatic heterocycles. The van der Waals surface area contributed by atoms with E-state index < -0.39 is 20.6 Å². The number of thioether (sulfide) groups is 1. The highest BCUT2D eigenvalue weighted by Gasteiger charge is 2.31. The smallest absolute Gasteiger partial charge is 0.313 e. The molecule has 0 saturated carbocycles. The van der Waals surface area contributed by atoms with Crippen LogP contribution in [-0.2, 0) is 21.2 Å². The van der Waals surface area contributed by atoms with Crippen LogP contribution in [0.15, 0.2) is 11.4 Å². The van der Waals surface area contributed by atoms with Gasteiger partial charge in [-0.3, -0.25) is 4.79 Å². The van der Waals surface area contributed by atoms with E-state index >= 15 is 0 Å². The van der Waals surface area contributed by atoms with E-state index in [0.717, 1.165) is 17.5 Å². The second kappa shape index (κ2) is 5.54. The molecule has 0 radical (unpaired) electrons. The molecule has 0 saturated heterocycles. The van der Waals surface area contributed by atoms with E-state index in [1.165, 1.54) is 6.26 Å². The van der Waals surface area contributed by atoms with Gasteiger partial charge >= 0.3 is 5.97 Å². The zero-order chi connectivity index (χ0) is 14.8.